The van der Waals surface area contributed by atoms with Gasteiger partial charge in [0.1, 0.15) is 5.82 Å². The molecule has 0 aliphatic carbocycles. The zero-order valence-corrected chi connectivity index (χ0v) is 16.0. The summed E-state index contributed by atoms with van der Waals surface area (Å²) < 4.78 is 13.1. The van der Waals surface area contributed by atoms with Gasteiger partial charge in [-0.05, 0) is 43.5 Å². The molecule has 2 heterocycles. The van der Waals surface area contributed by atoms with Gasteiger partial charge in [0.25, 0.3) is 0 Å². The number of hydrogen-bond acceptors (Lipinski definition) is 4. The van der Waals surface area contributed by atoms with Crippen LogP contribution in [0.3, 0.4) is 0 Å². The van der Waals surface area contributed by atoms with Crippen LogP contribution in [0, 0.1) is 17.7 Å². The van der Waals surface area contributed by atoms with Crippen molar-refractivity contribution in [3.05, 3.63) is 30.1 Å². The Bertz CT molecular complexity index is 674. The van der Waals surface area contributed by atoms with E-state index in [1.54, 1.807) is 17.0 Å². The summed E-state index contributed by atoms with van der Waals surface area (Å²) in [4.78, 5) is 30.4. The molecule has 1 aromatic rings. The summed E-state index contributed by atoms with van der Waals surface area (Å²) in [6.45, 7) is 7.88. The molecule has 2 saturated heterocycles. The zero-order valence-electron chi connectivity index (χ0n) is 16.0. The molecule has 3 rings (SSSR count). The Morgan fingerprint density at radius 3 is 2.33 bits per heavy atom. The Morgan fingerprint density at radius 1 is 1.11 bits per heavy atom. The lowest BCUT2D eigenvalue weighted by Crippen LogP contribution is -2.56. The molecule has 3 unspecified atom stereocenters. The topological polar surface area (TPSA) is 64.1 Å². The van der Waals surface area contributed by atoms with Crippen molar-refractivity contribution in [2.45, 2.75) is 26.3 Å². The van der Waals surface area contributed by atoms with Gasteiger partial charge in [0, 0.05) is 45.0 Å². The minimum atomic E-state index is -0.820. The predicted octanol–water partition coefficient (Wildman–Crippen LogP) is 1.91. The Labute approximate surface area is 159 Å². The number of aliphatic carboxylic acids is 1. The average Bonchev–Trinajstić information content (AvgIpc) is 2.67. The second-order valence-corrected chi connectivity index (χ2v) is 7.79. The number of rotatable bonds is 4. The van der Waals surface area contributed by atoms with Crippen molar-refractivity contribution in [3.63, 3.8) is 0 Å². The van der Waals surface area contributed by atoms with Crippen LogP contribution in [0.2, 0.25) is 0 Å². The molecule has 7 heteroatoms. The molecule has 27 heavy (non-hydrogen) atoms. The second kappa shape index (κ2) is 8.25. The fraction of sp³-hybridized carbons (Fsp3) is 0.600. The number of anilines is 1. The van der Waals surface area contributed by atoms with Crippen LogP contribution >= 0.6 is 0 Å². The highest BCUT2D eigenvalue weighted by Gasteiger charge is 2.35. The number of likely N-dealkylation sites (tertiary alicyclic amines) is 1. The van der Waals surface area contributed by atoms with E-state index < -0.39 is 11.9 Å². The third-order valence-corrected chi connectivity index (χ3v) is 5.73. The van der Waals surface area contributed by atoms with Crippen molar-refractivity contribution >= 4 is 17.6 Å². The summed E-state index contributed by atoms with van der Waals surface area (Å²) in [5.74, 6) is -1.32. The van der Waals surface area contributed by atoms with Crippen LogP contribution in [0.5, 0.6) is 0 Å². The minimum absolute atomic E-state index is 0.0167. The van der Waals surface area contributed by atoms with Gasteiger partial charge in [-0.15, -0.1) is 0 Å². The standard InChI is InChI=1S/C20H28FN3O3/c1-14-11-16(20(26)27)13-24(12-14)19(25)15(2)22-7-9-23(10-8-22)18-5-3-17(21)4-6-18/h3-6,14-16H,7-13H2,1-2H3,(H,26,27). The normalized spacial score (nSPS) is 25.3. The number of piperidine rings is 1. The molecular weight excluding hydrogens is 349 g/mol. The van der Waals surface area contributed by atoms with Gasteiger partial charge in [0.05, 0.1) is 12.0 Å². The summed E-state index contributed by atoms with van der Waals surface area (Å²) in [5, 5.41) is 9.32. The quantitative estimate of drug-likeness (QED) is 0.868. The molecule has 0 aromatic heterocycles. The number of carbonyl (C=O) groups is 2. The van der Waals surface area contributed by atoms with E-state index >= 15 is 0 Å². The third kappa shape index (κ3) is 4.58. The van der Waals surface area contributed by atoms with Crippen LogP contribution in [-0.4, -0.2) is 72.1 Å². The molecule has 2 fully saturated rings. The van der Waals surface area contributed by atoms with Crippen LogP contribution in [0.15, 0.2) is 24.3 Å². The molecule has 1 N–H and O–H groups in total. The van der Waals surface area contributed by atoms with Crippen LogP contribution in [-0.2, 0) is 9.59 Å². The highest BCUT2D eigenvalue weighted by Crippen LogP contribution is 2.24. The van der Waals surface area contributed by atoms with Crippen molar-refractivity contribution in [2.24, 2.45) is 11.8 Å². The van der Waals surface area contributed by atoms with Crippen molar-refractivity contribution < 1.29 is 19.1 Å². The number of carbonyl (C=O) groups excluding carboxylic acids is 1. The first-order valence-electron chi connectivity index (χ1n) is 9.61. The van der Waals surface area contributed by atoms with Gasteiger partial charge < -0.3 is 14.9 Å². The molecular formula is C20H28FN3O3. The lowest BCUT2D eigenvalue weighted by molar-refractivity contribution is -0.148. The second-order valence-electron chi connectivity index (χ2n) is 7.79. The predicted molar refractivity (Wildman–Crippen MR) is 101 cm³/mol. The van der Waals surface area contributed by atoms with E-state index in [0.29, 0.717) is 19.5 Å². The van der Waals surface area contributed by atoms with Crippen molar-refractivity contribution in [1.29, 1.82) is 0 Å². The van der Waals surface area contributed by atoms with Crippen molar-refractivity contribution in [2.75, 3.05) is 44.2 Å². The van der Waals surface area contributed by atoms with Gasteiger partial charge >= 0.3 is 5.97 Å². The molecule has 0 radical (unpaired) electrons. The number of carboxylic acids is 1. The molecule has 148 valence electrons. The van der Waals surface area contributed by atoms with E-state index in [1.165, 1.54) is 12.1 Å². The SMILES string of the molecule is CC1CC(C(=O)O)CN(C(=O)C(C)N2CCN(c3ccc(F)cc3)CC2)C1. The Balaban J connectivity index is 1.56. The van der Waals surface area contributed by atoms with Crippen LogP contribution in [0.1, 0.15) is 20.3 Å². The summed E-state index contributed by atoms with van der Waals surface area (Å²) in [6, 6.07) is 6.22. The lowest BCUT2D eigenvalue weighted by atomic mass is 9.90. The maximum Gasteiger partial charge on any atom is 0.308 e. The highest BCUT2D eigenvalue weighted by atomic mass is 19.1. The molecule has 0 bridgehead atoms. The first-order chi connectivity index (χ1) is 12.8. The van der Waals surface area contributed by atoms with E-state index in [4.69, 9.17) is 0 Å². The first-order valence-corrected chi connectivity index (χ1v) is 9.61. The Hall–Kier alpha value is -2.15. The Kier molecular flexibility index (Phi) is 5.99. The Morgan fingerprint density at radius 2 is 1.74 bits per heavy atom. The van der Waals surface area contributed by atoms with Gasteiger partial charge in [0.15, 0.2) is 0 Å². The van der Waals surface area contributed by atoms with E-state index in [1.807, 2.05) is 13.8 Å². The van der Waals surface area contributed by atoms with Crippen molar-refractivity contribution in [3.8, 4) is 0 Å². The van der Waals surface area contributed by atoms with Gasteiger partial charge in [-0.2, -0.15) is 0 Å². The smallest absolute Gasteiger partial charge is 0.308 e. The lowest BCUT2D eigenvalue weighted by Gasteiger charge is -2.41. The number of carboxylic acid groups (broad SMARTS) is 1. The molecule has 2 aliphatic heterocycles. The van der Waals surface area contributed by atoms with Gasteiger partial charge in [-0.25, -0.2) is 4.39 Å². The summed E-state index contributed by atoms with van der Waals surface area (Å²) in [7, 11) is 0. The monoisotopic (exact) mass is 377 g/mol. The largest absolute Gasteiger partial charge is 0.481 e. The molecule has 2 aliphatic rings. The van der Waals surface area contributed by atoms with Crippen LogP contribution in [0.4, 0.5) is 10.1 Å². The number of piperazine rings is 1. The maximum absolute atomic E-state index is 13.1. The molecule has 3 atom stereocenters. The number of amides is 1. The van der Waals surface area contributed by atoms with E-state index in [2.05, 4.69) is 9.80 Å². The number of halogens is 1. The molecule has 1 aromatic carbocycles. The molecule has 0 spiro atoms. The zero-order chi connectivity index (χ0) is 19.6. The van der Waals surface area contributed by atoms with Gasteiger partial charge in [0.2, 0.25) is 5.91 Å². The molecule has 6 nitrogen and oxygen atoms in total. The highest BCUT2D eigenvalue weighted by molar-refractivity contribution is 5.82. The fourth-order valence-electron chi connectivity index (χ4n) is 4.15. The van der Waals surface area contributed by atoms with Crippen LogP contribution < -0.4 is 4.90 Å². The van der Waals surface area contributed by atoms with E-state index in [9.17, 15) is 19.1 Å². The molecule has 0 saturated carbocycles. The van der Waals surface area contributed by atoms with Gasteiger partial charge in [-0.1, -0.05) is 6.92 Å². The fourth-order valence-corrected chi connectivity index (χ4v) is 4.15. The first kappa shape index (κ1) is 19.6. The molecule has 1 amide bonds. The van der Waals surface area contributed by atoms with E-state index in [0.717, 1.165) is 31.9 Å². The number of benzene rings is 1. The summed E-state index contributed by atoms with van der Waals surface area (Å²) in [6.07, 6.45) is 0.629. The van der Waals surface area contributed by atoms with Crippen molar-refractivity contribution in [1.82, 2.24) is 9.80 Å². The number of nitrogens with zero attached hydrogens (tertiary/aromatic N) is 3. The summed E-state index contributed by atoms with van der Waals surface area (Å²) in [5.41, 5.74) is 0.990. The summed E-state index contributed by atoms with van der Waals surface area (Å²) >= 11 is 0. The van der Waals surface area contributed by atoms with Crippen LogP contribution in [0.25, 0.3) is 0 Å². The van der Waals surface area contributed by atoms with Gasteiger partial charge in [-0.3, -0.25) is 14.5 Å². The third-order valence-electron chi connectivity index (χ3n) is 5.73. The van der Waals surface area contributed by atoms with E-state index in [-0.39, 0.29) is 23.7 Å². The minimum Gasteiger partial charge on any atom is -0.481 e. The number of hydrogen-bond donors (Lipinski definition) is 1. The maximum atomic E-state index is 13.1. The average molecular weight is 377 g/mol.